The number of carbonyl (C=O) groups is 2. The van der Waals surface area contributed by atoms with E-state index in [4.69, 9.17) is 16.7 Å². The number of hydrogen-bond acceptors (Lipinski definition) is 2. The van der Waals surface area contributed by atoms with Crippen LogP contribution in [0.5, 0.6) is 0 Å². The van der Waals surface area contributed by atoms with Crippen LogP contribution in [0.25, 0.3) is 0 Å². The molecular weight excluding hydrogens is 218 g/mol. The predicted molar refractivity (Wildman–Crippen MR) is 55.6 cm³/mol. The Balaban J connectivity index is 3.04. The first kappa shape index (κ1) is 11.5. The third kappa shape index (κ3) is 2.95. The number of benzene rings is 1. The largest absolute Gasteiger partial charge is 0.479 e. The number of carbonyl (C=O) groups excluding carboxylic acids is 1. The maximum atomic E-state index is 10.9. The Morgan fingerprint density at radius 3 is 2.47 bits per heavy atom. The van der Waals surface area contributed by atoms with Gasteiger partial charge in [-0.15, -0.1) is 0 Å². The number of halogens is 1. The molecule has 0 unspecified atom stereocenters. The molecular formula is C10H10ClNO3. The maximum Gasteiger partial charge on any atom is 0.330 e. The maximum absolute atomic E-state index is 10.9. The van der Waals surface area contributed by atoms with E-state index in [9.17, 15) is 9.59 Å². The van der Waals surface area contributed by atoms with Crippen molar-refractivity contribution in [3.05, 3.63) is 34.9 Å². The van der Waals surface area contributed by atoms with Crippen LogP contribution in [0.3, 0.4) is 0 Å². The summed E-state index contributed by atoms with van der Waals surface area (Å²) in [6, 6.07) is 5.40. The van der Waals surface area contributed by atoms with Gasteiger partial charge in [0.2, 0.25) is 5.91 Å². The van der Waals surface area contributed by atoms with Gasteiger partial charge in [0.15, 0.2) is 6.04 Å². The minimum Gasteiger partial charge on any atom is -0.479 e. The van der Waals surface area contributed by atoms with Gasteiger partial charge in [0.25, 0.3) is 0 Å². The van der Waals surface area contributed by atoms with Crippen LogP contribution in [0.1, 0.15) is 18.5 Å². The molecule has 4 nitrogen and oxygen atoms in total. The molecule has 0 radical (unpaired) electrons. The average molecular weight is 228 g/mol. The van der Waals surface area contributed by atoms with Crippen molar-refractivity contribution in [2.75, 3.05) is 0 Å². The van der Waals surface area contributed by atoms with Gasteiger partial charge >= 0.3 is 5.97 Å². The van der Waals surface area contributed by atoms with Gasteiger partial charge in [-0.3, -0.25) is 4.79 Å². The van der Waals surface area contributed by atoms with Crippen LogP contribution in [0.15, 0.2) is 24.3 Å². The summed E-state index contributed by atoms with van der Waals surface area (Å²) in [6.45, 7) is 1.26. The fraction of sp³-hybridized carbons (Fsp3) is 0.200. The zero-order chi connectivity index (χ0) is 11.4. The molecule has 0 fully saturated rings. The summed E-state index contributed by atoms with van der Waals surface area (Å²) < 4.78 is 0. The van der Waals surface area contributed by atoms with E-state index in [1.807, 2.05) is 0 Å². The van der Waals surface area contributed by atoms with E-state index in [-0.39, 0.29) is 0 Å². The SMILES string of the molecule is CC(=O)N[C@@H](C(=O)O)c1ccccc1Cl. The van der Waals surface area contributed by atoms with Crippen LogP contribution in [-0.2, 0) is 9.59 Å². The van der Waals surface area contributed by atoms with Gasteiger partial charge in [-0.05, 0) is 6.07 Å². The fourth-order valence-electron chi connectivity index (χ4n) is 1.18. The molecule has 1 aromatic rings. The van der Waals surface area contributed by atoms with Crippen LogP contribution < -0.4 is 5.32 Å². The number of hydrogen-bond donors (Lipinski definition) is 2. The van der Waals surface area contributed by atoms with Crippen LogP contribution in [-0.4, -0.2) is 17.0 Å². The van der Waals surface area contributed by atoms with Gasteiger partial charge in [-0.1, -0.05) is 29.8 Å². The molecule has 0 aromatic heterocycles. The lowest BCUT2D eigenvalue weighted by atomic mass is 10.1. The Morgan fingerprint density at radius 1 is 1.40 bits per heavy atom. The third-order valence-corrected chi connectivity index (χ3v) is 2.15. The third-order valence-electron chi connectivity index (χ3n) is 1.81. The summed E-state index contributed by atoms with van der Waals surface area (Å²) in [5, 5.41) is 11.6. The predicted octanol–water partition coefficient (Wildman–Crippen LogP) is 1.60. The lowest BCUT2D eigenvalue weighted by Gasteiger charge is -2.14. The zero-order valence-electron chi connectivity index (χ0n) is 8.03. The van der Waals surface area contributed by atoms with E-state index >= 15 is 0 Å². The fourth-order valence-corrected chi connectivity index (χ4v) is 1.43. The Labute approximate surface area is 91.9 Å². The topological polar surface area (TPSA) is 66.4 Å². The van der Waals surface area contributed by atoms with E-state index in [1.54, 1.807) is 24.3 Å². The quantitative estimate of drug-likeness (QED) is 0.824. The molecule has 0 saturated heterocycles. The lowest BCUT2D eigenvalue weighted by molar-refractivity contribution is -0.141. The van der Waals surface area contributed by atoms with Crippen LogP contribution in [0, 0.1) is 0 Å². The minimum atomic E-state index is -1.14. The summed E-state index contributed by atoms with van der Waals surface area (Å²) >= 11 is 5.83. The number of rotatable bonds is 3. The Kier molecular flexibility index (Phi) is 3.68. The zero-order valence-corrected chi connectivity index (χ0v) is 8.78. The van der Waals surface area contributed by atoms with Crippen molar-refractivity contribution in [3.8, 4) is 0 Å². The minimum absolute atomic E-state index is 0.318. The van der Waals surface area contributed by atoms with E-state index in [0.29, 0.717) is 10.6 Å². The molecule has 1 atom stereocenters. The van der Waals surface area contributed by atoms with Crippen molar-refractivity contribution in [2.24, 2.45) is 0 Å². The molecule has 2 N–H and O–H groups in total. The van der Waals surface area contributed by atoms with Gasteiger partial charge in [0, 0.05) is 17.5 Å². The number of nitrogens with one attached hydrogen (secondary N) is 1. The molecule has 0 aliphatic heterocycles. The Hall–Kier alpha value is -1.55. The van der Waals surface area contributed by atoms with Crippen LogP contribution in [0.4, 0.5) is 0 Å². The second kappa shape index (κ2) is 4.79. The van der Waals surface area contributed by atoms with Crippen molar-refractivity contribution in [2.45, 2.75) is 13.0 Å². The van der Waals surface area contributed by atoms with E-state index < -0.39 is 17.9 Å². The molecule has 0 aliphatic rings. The molecule has 5 heteroatoms. The second-order valence-corrected chi connectivity index (χ2v) is 3.40. The molecule has 1 aromatic carbocycles. The van der Waals surface area contributed by atoms with Crippen LogP contribution >= 0.6 is 11.6 Å². The highest BCUT2D eigenvalue weighted by atomic mass is 35.5. The lowest BCUT2D eigenvalue weighted by Crippen LogP contribution is -2.32. The highest BCUT2D eigenvalue weighted by Crippen LogP contribution is 2.22. The summed E-state index contributed by atoms with van der Waals surface area (Å²) in [6.07, 6.45) is 0. The summed E-state index contributed by atoms with van der Waals surface area (Å²) in [4.78, 5) is 21.7. The normalized spacial score (nSPS) is 11.9. The summed E-state index contributed by atoms with van der Waals surface area (Å²) in [5.74, 6) is -1.55. The smallest absolute Gasteiger partial charge is 0.330 e. The van der Waals surface area contributed by atoms with E-state index in [1.165, 1.54) is 6.92 Å². The van der Waals surface area contributed by atoms with E-state index in [0.717, 1.165) is 0 Å². The average Bonchev–Trinajstić information content (AvgIpc) is 2.15. The van der Waals surface area contributed by atoms with Gasteiger partial charge < -0.3 is 10.4 Å². The highest BCUT2D eigenvalue weighted by Gasteiger charge is 2.22. The molecule has 0 bridgehead atoms. The van der Waals surface area contributed by atoms with Gasteiger partial charge in [0.05, 0.1) is 0 Å². The van der Waals surface area contributed by atoms with Crippen molar-refractivity contribution >= 4 is 23.5 Å². The van der Waals surface area contributed by atoms with Gasteiger partial charge in [-0.25, -0.2) is 4.79 Å². The number of aliphatic carboxylic acids is 1. The Bertz CT molecular complexity index is 392. The monoisotopic (exact) mass is 227 g/mol. The molecule has 80 valence electrons. The molecule has 0 aliphatic carbocycles. The molecule has 0 heterocycles. The van der Waals surface area contributed by atoms with Crippen molar-refractivity contribution < 1.29 is 14.7 Å². The standard InChI is InChI=1S/C10H10ClNO3/c1-6(13)12-9(10(14)15)7-4-2-3-5-8(7)11/h2-5,9H,1H3,(H,12,13)(H,14,15)/t9-/m1/s1. The molecule has 0 spiro atoms. The number of carboxylic acids is 1. The van der Waals surface area contributed by atoms with E-state index in [2.05, 4.69) is 5.32 Å². The van der Waals surface area contributed by atoms with Crippen molar-refractivity contribution in [1.29, 1.82) is 0 Å². The summed E-state index contributed by atoms with van der Waals surface area (Å²) in [5.41, 5.74) is 0.377. The first-order valence-corrected chi connectivity index (χ1v) is 4.64. The number of amides is 1. The van der Waals surface area contributed by atoms with Crippen LogP contribution in [0.2, 0.25) is 5.02 Å². The second-order valence-electron chi connectivity index (χ2n) is 2.99. The van der Waals surface area contributed by atoms with Crippen molar-refractivity contribution in [1.82, 2.24) is 5.32 Å². The highest BCUT2D eigenvalue weighted by molar-refractivity contribution is 6.31. The molecule has 1 rings (SSSR count). The van der Waals surface area contributed by atoms with Gasteiger partial charge in [0.1, 0.15) is 0 Å². The molecule has 15 heavy (non-hydrogen) atoms. The summed E-state index contributed by atoms with van der Waals surface area (Å²) in [7, 11) is 0. The Morgan fingerprint density at radius 2 is 2.00 bits per heavy atom. The van der Waals surface area contributed by atoms with Gasteiger partial charge in [-0.2, -0.15) is 0 Å². The first-order chi connectivity index (χ1) is 7.02. The number of carboxylic acid groups (broad SMARTS) is 1. The molecule has 0 saturated carbocycles. The first-order valence-electron chi connectivity index (χ1n) is 4.26. The van der Waals surface area contributed by atoms with Crippen molar-refractivity contribution in [3.63, 3.8) is 0 Å². The molecule has 1 amide bonds.